The molecule has 0 aliphatic heterocycles. The van der Waals surface area contributed by atoms with E-state index >= 15 is 0 Å². The Balaban J connectivity index is 2.78. The molecular weight excluding hydrogens is 319 g/mol. The Morgan fingerprint density at radius 1 is 1.08 bits per heavy atom. The molecule has 5 heteroatoms. The fourth-order valence-corrected chi connectivity index (χ4v) is 3.21. The molecule has 0 aliphatic carbocycles. The van der Waals surface area contributed by atoms with Gasteiger partial charge in [0, 0.05) is 0 Å². The maximum atomic E-state index is 13.4. The molecule has 0 radical (unpaired) electrons. The molecule has 4 nitrogen and oxygen atoms in total. The van der Waals surface area contributed by atoms with Crippen LogP contribution >= 0.6 is 0 Å². The van der Waals surface area contributed by atoms with Crippen LogP contribution in [0.1, 0.15) is 36.5 Å². The Hall–Kier alpha value is -2.26. The second kappa shape index (κ2) is 7.32. The first-order chi connectivity index (χ1) is 11.8. The first-order valence-corrected chi connectivity index (χ1v) is 8.18. The first-order valence-electron chi connectivity index (χ1n) is 8.18. The van der Waals surface area contributed by atoms with E-state index in [-0.39, 0.29) is 6.42 Å². The van der Waals surface area contributed by atoms with Crippen molar-refractivity contribution < 1.29 is 14.6 Å². The molecule has 25 heavy (non-hydrogen) atoms. The molecule has 2 unspecified atom stereocenters. The third-order valence-corrected chi connectivity index (χ3v) is 4.59. The van der Waals surface area contributed by atoms with Gasteiger partial charge in [-0.25, -0.2) is 4.39 Å². The van der Waals surface area contributed by atoms with E-state index in [0.717, 1.165) is 0 Å². The molecule has 132 valence electrons. The van der Waals surface area contributed by atoms with E-state index in [1.807, 2.05) is 13.0 Å². The van der Waals surface area contributed by atoms with Crippen molar-refractivity contribution in [2.24, 2.45) is 0 Å². The first kappa shape index (κ1) is 19.1. The highest BCUT2D eigenvalue weighted by molar-refractivity contribution is 5.44. The molecule has 0 fully saturated rings. The van der Waals surface area contributed by atoms with Crippen LogP contribution in [0.5, 0.6) is 0 Å². The monoisotopic (exact) mass is 342 g/mol. The third-order valence-electron chi connectivity index (χ3n) is 4.59. The summed E-state index contributed by atoms with van der Waals surface area (Å²) < 4.78 is 13.4. The van der Waals surface area contributed by atoms with E-state index in [1.54, 1.807) is 43.3 Å². The lowest BCUT2D eigenvalue weighted by Gasteiger charge is -2.48. The topological polar surface area (TPSA) is 67.5 Å². The molecule has 2 N–H and O–H groups in total. The summed E-state index contributed by atoms with van der Waals surface area (Å²) in [7, 11) is 3.36. The summed E-state index contributed by atoms with van der Waals surface area (Å²) in [5.74, 6) is -0.430. The minimum absolute atomic E-state index is 0.282. The van der Waals surface area contributed by atoms with Gasteiger partial charge in [-0.3, -0.25) is 4.90 Å². The number of likely N-dealkylation sites (N-methyl/N-ethyl adjacent to an activating group) is 1. The smallest absolute Gasteiger partial charge is 0.157 e. The van der Waals surface area contributed by atoms with E-state index in [2.05, 4.69) is 0 Å². The van der Waals surface area contributed by atoms with Crippen molar-refractivity contribution in [3.8, 4) is 6.07 Å². The van der Waals surface area contributed by atoms with E-state index in [9.17, 15) is 19.9 Å². The van der Waals surface area contributed by atoms with Crippen LogP contribution in [-0.4, -0.2) is 34.9 Å². The van der Waals surface area contributed by atoms with Crippen molar-refractivity contribution >= 4 is 0 Å². The minimum atomic E-state index is -1.84. The Bertz CT molecular complexity index is 770. The number of nitrogens with zero attached hydrogens (tertiary/aromatic N) is 2. The van der Waals surface area contributed by atoms with Gasteiger partial charge >= 0.3 is 0 Å². The van der Waals surface area contributed by atoms with E-state index in [0.29, 0.717) is 23.1 Å². The lowest BCUT2D eigenvalue weighted by molar-refractivity contribution is -0.212. The summed E-state index contributed by atoms with van der Waals surface area (Å²) in [5, 5.41) is 32.4. The molecule has 0 aromatic heterocycles. The average molecular weight is 342 g/mol. The Labute approximate surface area is 147 Å². The van der Waals surface area contributed by atoms with Crippen molar-refractivity contribution in [1.29, 1.82) is 5.26 Å². The molecular formula is C20H23FN2O2. The zero-order chi connectivity index (χ0) is 18.7. The van der Waals surface area contributed by atoms with Crippen LogP contribution in [-0.2, 0) is 5.60 Å². The highest BCUT2D eigenvalue weighted by Crippen LogP contribution is 2.43. The van der Waals surface area contributed by atoms with E-state index in [1.165, 1.54) is 24.3 Å². The van der Waals surface area contributed by atoms with Crippen LogP contribution < -0.4 is 0 Å². The molecule has 2 aromatic rings. The van der Waals surface area contributed by atoms with Gasteiger partial charge in [0.25, 0.3) is 0 Å². The molecule has 0 aliphatic rings. The van der Waals surface area contributed by atoms with E-state index < -0.39 is 17.1 Å². The zero-order valence-corrected chi connectivity index (χ0v) is 14.7. The summed E-state index contributed by atoms with van der Waals surface area (Å²) in [6, 6.07) is 13.9. The Morgan fingerprint density at radius 3 is 2.24 bits per heavy atom. The van der Waals surface area contributed by atoms with Gasteiger partial charge in [0.2, 0.25) is 0 Å². The fraction of sp³-hybridized carbons (Fsp3) is 0.350. The Morgan fingerprint density at radius 2 is 1.72 bits per heavy atom. The molecule has 0 saturated heterocycles. The third kappa shape index (κ3) is 3.29. The van der Waals surface area contributed by atoms with Crippen molar-refractivity contribution in [3.63, 3.8) is 0 Å². The number of hydrogen-bond acceptors (Lipinski definition) is 4. The summed E-state index contributed by atoms with van der Waals surface area (Å²) in [4.78, 5) is 1.55. The summed E-state index contributed by atoms with van der Waals surface area (Å²) in [6.07, 6.45) is 0.904. The summed E-state index contributed by atoms with van der Waals surface area (Å²) in [6.45, 7) is 1.91. The van der Waals surface area contributed by atoms with E-state index in [4.69, 9.17) is 0 Å². The lowest BCUT2D eigenvalue weighted by Crippen LogP contribution is -2.61. The van der Waals surface area contributed by atoms with Crippen LogP contribution in [0, 0.1) is 17.1 Å². The predicted octanol–water partition coefficient (Wildman–Crippen LogP) is 2.98. The largest absolute Gasteiger partial charge is 0.376 e. The zero-order valence-electron chi connectivity index (χ0n) is 14.7. The fourth-order valence-electron chi connectivity index (χ4n) is 3.21. The van der Waals surface area contributed by atoms with Crippen molar-refractivity contribution in [2.75, 3.05) is 14.1 Å². The van der Waals surface area contributed by atoms with Gasteiger partial charge in [-0.15, -0.1) is 0 Å². The average Bonchev–Trinajstić information content (AvgIpc) is 2.61. The predicted molar refractivity (Wildman–Crippen MR) is 94.1 cm³/mol. The molecule has 0 amide bonds. The number of rotatable bonds is 6. The number of hydrogen-bond donors (Lipinski definition) is 2. The highest BCUT2D eigenvalue weighted by atomic mass is 19.1. The maximum Gasteiger partial charge on any atom is 0.157 e. The quantitative estimate of drug-likeness (QED) is 0.792. The van der Waals surface area contributed by atoms with Gasteiger partial charge in [-0.2, -0.15) is 5.26 Å². The van der Waals surface area contributed by atoms with Crippen molar-refractivity contribution in [1.82, 2.24) is 4.90 Å². The van der Waals surface area contributed by atoms with Crippen LogP contribution in [0.15, 0.2) is 48.5 Å². The van der Waals surface area contributed by atoms with Gasteiger partial charge in [0.1, 0.15) is 5.82 Å². The number of benzene rings is 2. The Kier molecular flexibility index (Phi) is 5.58. The molecule has 2 aromatic carbocycles. The lowest BCUT2D eigenvalue weighted by atomic mass is 9.74. The molecule has 0 bridgehead atoms. The van der Waals surface area contributed by atoms with Crippen LogP contribution in [0.2, 0.25) is 0 Å². The number of nitriles is 1. The van der Waals surface area contributed by atoms with Crippen LogP contribution in [0.25, 0.3) is 0 Å². The van der Waals surface area contributed by atoms with Gasteiger partial charge in [0.05, 0.1) is 11.6 Å². The molecule has 2 rings (SSSR count). The number of aliphatic hydroxyl groups is 2. The van der Waals surface area contributed by atoms with Gasteiger partial charge in [-0.05, 0) is 55.9 Å². The second-order valence-corrected chi connectivity index (χ2v) is 6.37. The van der Waals surface area contributed by atoms with Crippen LogP contribution in [0.4, 0.5) is 4.39 Å². The van der Waals surface area contributed by atoms with Gasteiger partial charge in [-0.1, -0.05) is 37.6 Å². The van der Waals surface area contributed by atoms with Crippen molar-refractivity contribution in [2.45, 2.75) is 31.1 Å². The summed E-state index contributed by atoms with van der Waals surface area (Å²) in [5.41, 5.74) is -2.38. The standard InChI is InChI=1S/C20H23FN2O2/c1-4-12-19(24,23(2)3)20(25,16-8-10-18(21)11-9-16)17-7-5-6-15(13-17)14-22/h5-11,13,24-25H,4,12H2,1-3H3. The minimum Gasteiger partial charge on any atom is -0.376 e. The highest BCUT2D eigenvalue weighted by Gasteiger charge is 2.53. The van der Waals surface area contributed by atoms with Crippen molar-refractivity contribution in [3.05, 3.63) is 71.0 Å². The molecule has 0 spiro atoms. The van der Waals surface area contributed by atoms with Gasteiger partial charge in [0.15, 0.2) is 11.3 Å². The molecule has 0 saturated carbocycles. The molecule has 2 atom stereocenters. The second-order valence-electron chi connectivity index (χ2n) is 6.37. The van der Waals surface area contributed by atoms with Gasteiger partial charge < -0.3 is 10.2 Å². The summed E-state index contributed by atoms with van der Waals surface area (Å²) >= 11 is 0. The molecule has 0 heterocycles. The maximum absolute atomic E-state index is 13.4. The SMILES string of the molecule is CCCC(O)(N(C)C)C(O)(c1ccc(F)cc1)c1cccc(C#N)c1. The van der Waals surface area contributed by atoms with Crippen LogP contribution in [0.3, 0.4) is 0 Å². The number of halogens is 1. The normalized spacial score (nSPS) is 16.1.